The van der Waals surface area contributed by atoms with Gasteiger partial charge in [0.25, 0.3) is 0 Å². The zero-order chi connectivity index (χ0) is 21.8. The molecule has 0 aliphatic carbocycles. The molecular formula is C18H13BrF3N3O2S3. The Kier molecular flexibility index (Phi) is 5.40. The predicted octanol–water partition coefficient (Wildman–Crippen LogP) is 6.02. The molecule has 0 unspecified atom stereocenters. The second-order valence-electron chi connectivity index (χ2n) is 6.36. The summed E-state index contributed by atoms with van der Waals surface area (Å²) in [7, 11) is -1.93. The standard InChI is InChI=1S/C18H13BrF3N3O2S3/c1-3-30(26,27)15-11-5-4-9(19)6-13(11)28-14(15)17-24-12-7-10(29-18(20,21)22)8-23-16(12)25(17)2/h4-8H,3H2,1-2H3. The van der Waals surface area contributed by atoms with Crippen LogP contribution in [-0.4, -0.2) is 34.2 Å². The highest BCUT2D eigenvalue weighted by Crippen LogP contribution is 2.43. The molecular weight excluding hydrogens is 523 g/mol. The summed E-state index contributed by atoms with van der Waals surface area (Å²) in [6.07, 6.45) is 1.14. The van der Waals surface area contributed by atoms with Crippen LogP contribution in [0.5, 0.6) is 0 Å². The fourth-order valence-corrected chi connectivity index (χ4v) is 7.06. The van der Waals surface area contributed by atoms with Crippen molar-refractivity contribution in [3.05, 3.63) is 34.9 Å². The molecule has 0 aliphatic rings. The highest BCUT2D eigenvalue weighted by Gasteiger charge is 2.30. The molecule has 5 nitrogen and oxygen atoms in total. The monoisotopic (exact) mass is 535 g/mol. The Morgan fingerprint density at radius 3 is 2.67 bits per heavy atom. The smallest absolute Gasteiger partial charge is 0.311 e. The third kappa shape index (κ3) is 3.85. The molecule has 158 valence electrons. The first-order chi connectivity index (χ1) is 14.0. The number of nitrogens with zero attached hydrogens (tertiary/aromatic N) is 3. The molecule has 30 heavy (non-hydrogen) atoms. The summed E-state index contributed by atoms with van der Waals surface area (Å²) < 4.78 is 67.1. The Balaban J connectivity index is 1.98. The van der Waals surface area contributed by atoms with E-state index in [9.17, 15) is 21.6 Å². The van der Waals surface area contributed by atoms with E-state index in [1.807, 2.05) is 6.07 Å². The lowest BCUT2D eigenvalue weighted by Crippen LogP contribution is -2.05. The van der Waals surface area contributed by atoms with E-state index < -0.39 is 15.3 Å². The van der Waals surface area contributed by atoms with Crippen molar-refractivity contribution in [3.63, 3.8) is 0 Å². The van der Waals surface area contributed by atoms with Crippen molar-refractivity contribution in [2.24, 2.45) is 7.05 Å². The minimum absolute atomic E-state index is 0.0821. The molecule has 0 saturated carbocycles. The number of pyridine rings is 1. The normalized spacial score (nSPS) is 12.9. The zero-order valence-electron chi connectivity index (χ0n) is 15.5. The number of halogens is 4. The minimum Gasteiger partial charge on any atom is -0.311 e. The molecule has 4 rings (SSSR count). The highest BCUT2D eigenvalue weighted by molar-refractivity contribution is 9.10. The van der Waals surface area contributed by atoms with Gasteiger partial charge in [-0.2, -0.15) is 13.2 Å². The summed E-state index contributed by atoms with van der Waals surface area (Å²) in [5, 5.41) is 0.591. The van der Waals surface area contributed by atoms with Crippen LogP contribution in [0.25, 0.3) is 32.0 Å². The molecule has 3 aromatic heterocycles. The van der Waals surface area contributed by atoms with Gasteiger partial charge in [-0.3, -0.25) is 0 Å². The van der Waals surface area contributed by atoms with Gasteiger partial charge in [0.1, 0.15) is 5.52 Å². The van der Waals surface area contributed by atoms with E-state index in [1.165, 1.54) is 17.4 Å². The lowest BCUT2D eigenvalue weighted by molar-refractivity contribution is -0.0328. The van der Waals surface area contributed by atoms with Crippen LogP contribution in [0, 0.1) is 0 Å². The Hall–Kier alpha value is -1.63. The van der Waals surface area contributed by atoms with Gasteiger partial charge in [-0.1, -0.05) is 28.9 Å². The molecule has 12 heteroatoms. The van der Waals surface area contributed by atoms with Crippen LogP contribution in [0.2, 0.25) is 0 Å². The van der Waals surface area contributed by atoms with Crippen molar-refractivity contribution in [2.75, 3.05) is 5.75 Å². The summed E-state index contributed by atoms with van der Waals surface area (Å²) in [5.41, 5.74) is -3.80. The number of sulfone groups is 1. The number of rotatable bonds is 4. The van der Waals surface area contributed by atoms with E-state index in [0.29, 0.717) is 21.7 Å². The Labute approximate surface area is 186 Å². The Morgan fingerprint density at radius 2 is 2.00 bits per heavy atom. The van der Waals surface area contributed by atoms with Crippen LogP contribution in [0.3, 0.4) is 0 Å². The summed E-state index contributed by atoms with van der Waals surface area (Å²) in [4.78, 5) is 9.11. The summed E-state index contributed by atoms with van der Waals surface area (Å²) in [6, 6.07) is 6.64. The SMILES string of the molecule is CCS(=O)(=O)c1c(-c2nc3cc(SC(F)(F)F)cnc3n2C)sc2cc(Br)ccc12. The average Bonchev–Trinajstić information content (AvgIpc) is 3.18. The lowest BCUT2D eigenvalue weighted by atomic mass is 10.2. The van der Waals surface area contributed by atoms with Crippen molar-refractivity contribution in [1.29, 1.82) is 0 Å². The van der Waals surface area contributed by atoms with Gasteiger partial charge in [0.15, 0.2) is 21.3 Å². The fourth-order valence-electron chi connectivity index (χ4n) is 3.10. The van der Waals surface area contributed by atoms with Crippen LogP contribution in [-0.2, 0) is 16.9 Å². The number of thiophene rings is 1. The van der Waals surface area contributed by atoms with Gasteiger partial charge in [-0.05, 0) is 30.0 Å². The molecule has 0 radical (unpaired) electrons. The molecule has 4 aromatic rings. The molecule has 0 N–H and O–H groups in total. The second-order valence-corrected chi connectivity index (χ2v) is 11.7. The largest absolute Gasteiger partial charge is 0.446 e. The third-order valence-corrected chi connectivity index (χ3v) is 8.69. The average molecular weight is 536 g/mol. The van der Waals surface area contributed by atoms with Gasteiger partial charge in [0.2, 0.25) is 0 Å². The topological polar surface area (TPSA) is 64.8 Å². The van der Waals surface area contributed by atoms with Crippen molar-refractivity contribution in [3.8, 4) is 10.7 Å². The number of hydrogen-bond donors (Lipinski definition) is 0. The molecule has 0 amide bonds. The summed E-state index contributed by atoms with van der Waals surface area (Å²) in [6.45, 7) is 1.57. The van der Waals surface area contributed by atoms with Gasteiger partial charge in [0, 0.05) is 32.7 Å². The summed E-state index contributed by atoms with van der Waals surface area (Å²) in [5.74, 6) is 0.257. The van der Waals surface area contributed by atoms with Crippen molar-refractivity contribution >= 4 is 70.1 Å². The maximum absolute atomic E-state index is 12.9. The van der Waals surface area contributed by atoms with E-state index in [0.717, 1.165) is 15.4 Å². The van der Waals surface area contributed by atoms with Crippen molar-refractivity contribution in [1.82, 2.24) is 14.5 Å². The Morgan fingerprint density at radius 1 is 1.27 bits per heavy atom. The number of aromatic nitrogens is 3. The molecule has 0 atom stereocenters. The molecule has 0 aliphatic heterocycles. The van der Waals surface area contributed by atoms with E-state index in [4.69, 9.17) is 0 Å². The van der Waals surface area contributed by atoms with Crippen LogP contribution >= 0.6 is 39.0 Å². The van der Waals surface area contributed by atoms with E-state index in [2.05, 4.69) is 25.9 Å². The minimum atomic E-state index is -4.44. The van der Waals surface area contributed by atoms with Crippen molar-refractivity contribution < 1.29 is 21.6 Å². The number of thioether (sulfide) groups is 1. The number of aryl methyl sites for hydroxylation is 1. The second kappa shape index (κ2) is 7.50. The van der Waals surface area contributed by atoms with Gasteiger partial charge in [-0.15, -0.1) is 11.3 Å². The number of alkyl halides is 3. The zero-order valence-corrected chi connectivity index (χ0v) is 19.5. The van der Waals surface area contributed by atoms with E-state index in [-0.39, 0.29) is 32.8 Å². The quantitative estimate of drug-likeness (QED) is 0.299. The van der Waals surface area contributed by atoms with Crippen LogP contribution in [0.15, 0.2) is 44.7 Å². The fraction of sp³-hybridized carbons (Fsp3) is 0.222. The van der Waals surface area contributed by atoms with Gasteiger partial charge in [-0.25, -0.2) is 18.4 Å². The molecule has 0 fully saturated rings. The van der Waals surface area contributed by atoms with E-state index in [1.54, 1.807) is 30.7 Å². The van der Waals surface area contributed by atoms with Gasteiger partial charge >= 0.3 is 5.51 Å². The molecule has 0 spiro atoms. The first-order valence-corrected chi connectivity index (χ1v) is 12.6. The number of imidazole rings is 1. The van der Waals surface area contributed by atoms with Crippen LogP contribution in [0.4, 0.5) is 13.2 Å². The van der Waals surface area contributed by atoms with Crippen LogP contribution < -0.4 is 0 Å². The predicted molar refractivity (Wildman–Crippen MR) is 117 cm³/mol. The van der Waals surface area contributed by atoms with Gasteiger partial charge < -0.3 is 4.57 Å². The first kappa shape index (κ1) is 21.6. The summed E-state index contributed by atoms with van der Waals surface area (Å²) >= 11 is 4.40. The molecule has 0 bridgehead atoms. The Bertz CT molecular complexity index is 1390. The molecule has 0 saturated heterocycles. The highest BCUT2D eigenvalue weighted by atomic mass is 79.9. The van der Waals surface area contributed by atoms with E-state index >= 15 is 0 Å². The maximum atomic E-state index is 12.9. The molecule has 1 aromatic carbocycles. The van der Waals surface area contributed by atoms with Crippen molar-refractivity contribution in [2.45, 2.75) is 22.2 Å². The maximum Gasteiger partial charge on any atom is 0.446 e. The lowest BCUT2D eigenvalue weighted by Gasteiger charge is -2.05. The first-order valence-electron chi connectivity index (χ1n) is 8.53. The third-order valence-electron chi connectivity index (χ3n) is 4.42. The number of benzene rings is 1. The number of hydrogen-bond acceptors (Lipinski definition) is 6. The van der Waals surface area contributed by atoms with Gasteiger partial charge in [0.05, 0.1) is 15.5 Å². The number of fused-ring (bicyclic) bond motifs is 2. The molecule has 3 heterocycles. The van der Waals surface area contributed by atoms with Crippen LogP contribution in [0.1, 0.15) is 6.92 Å².